The van der Waals surface area contributed by atoms with Crippen molar-refractivity contribution in [2.45, 2.75) is 38.6 Å². The van der Waals surface area contributed by atoms with Gasteiger partial charge in [0.25, 0.3) is 0 Å². The van der Waals surface area contributed by atoms with Crippen LogP contribution in [-0.2, 0) is 0 Å². The van der Waals surface area contributed by atoms with Crippen LogP contribution < -0.4 is 11.3 Å². The predicted molar refractivity (Wildman–Crippen MR) is 80.3 cm³/mol. The lowest BCUT2D eigenvalue weighted by Gasteiger charge is -2.24. The third kappa shape index (κ3) is 3.13. The van der Waals surface area contributed by atoms with E-state index in [1.165, 1.54) is 12.8 Å². The van der Waals surface area contributed by atoms with Crippen molar-refractivity contribution >= 4 is 27.5 Å². The normalized spacial score (nSPS) is 24.7. The van der Waals surface area contributed by atoms with Gasteiger partial charge in [-0.15, -0.1) is 0 Å². The van der Waals surface area contributed by atoms with E-state index in [0.29, 0.717) is 16.0 Å². The van der Waals surface area contributed by atoms with E-state index in [0.717, 1.165) is 18.8 Å². The molecule has 0 saturated heterocycles. The highest BCUT2D eigenvalue weighted by molar-refractivity contribution is 9.10. The smallest absolute Gasteiger partial charge is 0.147 e. The maximum absolute atomic E-state index is 14.3. The largest absolute Gasteiger partial charge is 0.271 e. The van der Waals surface area contributed by atoms with E-state index in [-0.39, 0.29) is 16.9 Å². The zero-order valence-electron chi connectivity index (χ0n) is 10.9. The van der Waals surface area contributed by atoms with Gasteiger partial charge in [0.05, 0.1) is 11.1 Å². The summed E-state index contributed by atoms with van der Waals surface area (Å²) in [6.07, 6.45) is 4.56. The minimum Gasteiger partial charge on any atom is -0.271 e. The Labute approximate surface area is 127 Å². The maximum Gasteiger partial charge on any atom is 0.147 e. The second kappa shape index (κ2) is 6.53. The minimum atomic E-state index is -0.376. The van der Waals surface area contributed by atoms with E-state index < -0.39 is 0 Å². The number of hydrogen-bond acceptors (Lipinski definition) is 2. The molecule has 2 nitrogen and oxygen atoms in total. The molecule has 1 fully saturated rings. The van der Waals surface area contributed by atoms with Crippen molar-refractivity contribution in [3.8, 4) is 0 Å². The van der Waals surface area contributed by atoms with Gasteiger partial charge < -0.3 is 0 Å². The van der Waals surface area contributed by atoms with Gasteiger partial charge in [0.2, 0.25) is 0 Å². The Balaban J connectivity index is 2.25. The standard InChI is InChI=1S/C14H19BrClFN2/c1-2-8-3-4-9(7-8)14(19-18)10-5-6-11(15)12(16)13(10)17/h5-6,8-9,14,19H,2-4,7,18H2,1H3. The monoisotopic (exact) mass is 348 g/mol. The summed E-state index contributed by atoms with van der Waals surface area (Å²) in [5.74, 6) is 6.39. The summed E-state index contributed by atoms with van der Waals surface area (Å²) in [7, 11) is 0. The lowest BCUT2D eigenvalue weighted by molar-refractivity contribution is 0.349. The quantitative estimate of drug-likeness (QED) is 0.474. The van der Waals surface area contributed by atoms with Gasteiger partial charge >= 0.3 is 0 Å². The fourth-order valence-electron chi connectivity index (χ4n) is 3.05. The summed E-state index contributed by atoms with van der Waals surface area (Å²) < 4.78 is 14.8. The Hall–Kier alpha value is -0.160. The lowest BCUT2D eigenvalue weighted by Crippen LogP contribution is -2.33. The van der Waals surface area contributed by atoms with Gasteiger partial charge in [-0.3, -0.25) is 11.3 Å². The molecule has 5 heteroatoms. The second-order valence-corrected chi connectivity index (χ2v) is 6.49. The highest BCUT2D eigenvalue weighted by Gasteiger charge is 2.32. The summed E-state index contributed by atoms with van der Waals surface area (Å²) in [4.78, 5) is 0. The SMILES string of the molecule is CCC1CCC(C(NN)c2ccc(Br)c(Cl)c2F)C1. The number of hydrogen-bond donors (Lipinski definition) is 2. The Morgan fingerprint density at radius 1 is 1.53 bits per heavy atom. The molecule has 0 heterocycles. The molecule has 1 aliphatic rings. The number of nitrogens with one attached hydrogen (secondary N) is 1. The van der Waals surface area contributed by atoms with Crippen molar-refractivity contribution in [2.24, 2.45) is 17.7 Å². The van der Waals surface area contributed by atoms with Crippen molar-refractivity contribution in [2.75, 3.05) is 0 Å². The Bertz CT molecular complexity index is 455. The zero-order valence-corrected chi connectivity index (χ0v) is 13.3. The maximum atomic E-state index is 14.3. The molecular weight excluding hydrogens is 331 g/mol. The van der Waals surface area contributed by atoms with Crippen molar-refractivity contribution in [1.29, 1.82) is 0 Å². The van der Waals surface area contributed by atoms with E-state index >= 15 is 0 Å². The molecule has 1 saturated carbocycles. The number of benzene rings is 1. The van der Waals surface area contributed by atoms with Gasteiger partial charge in [0.1, 0.15) is 5.82 Å². The summed E-state index contributed by atoms with van der Waals surface area (Å²) in [5.41, 5.74) is 3.35. The Kier molecular flexibility index (Phi) is 5.23. The molecule has 0 spiro atoms. The first-order chi connectivity index (χ1) is 9.08. The molecule has 0 aromatic heterocycles. The van der Waals surface area contributed by atoms with E-state index in [1.807, 2.05) is 0 Å². The van der Waals surface area contributed by atoms with Gasteiger partial charge in [-0.05, 0) is 46.7 Å². The summed E-state index contributed by atoms with van der Waals surface area (Å²) in [6, 6.07) is 3.37. The summed E-state index contributed by atoms with van der Waals surface area (Å²) >= 11 is 9.19. The molecule has 3 atom stereocenters. The van der Waals surface area contributed by atoms with Crippen molar-refractivity contribution in [3.05, 3.63) is 33.0 Å². The minimum absolute atomic E-state index is 0.128. The van der Waals surface area contributed by atoms with Crippen LogP contribution in [0.4, 0.5) is 4.39 Å². The first-order valence-electron chi connectivity index (χ1n) is 6.68. The predicted octanol–water partition coefficient (Wildman–Crippen LogP) is 4.57. The third-order valence-corrected chi connectivity index (χ3v) is 5.47. The van der Waals surface area contributed by atoms with Crippen molar-refractivity contribution in [1.82, 2.24) is 5.43 Å². The molecule has 0 aliphatic heterocycles. The summed E-state index contributed by atoms with van der Waals surface area (Å²) in [5, 5.41) is 0.128. The van der Waals surface area contributed by atoms with Crippen LogP contribution in [0.2, 0.25) is 5.02 Å². The second-order valence-electron chi connectivity index (χ2n) is 5.26. The van der Waals surface area contributed by atoms with Crippen LogP contribution in [0.25, 0.3) is 0 Å². The van der Waals surface area contributed by atoms with Crippen LogP contribution in [0.5, 0.6) is 0 Å². The molecule has 1 aromatic rings. The number of halogens is 3. The van der Waals surface area contributed by atoms with E-state index in [1.54, 1.807) is 12.1 Å². The van der Waals surface area contributed by atoms with Gasteiger partial charge in [-0.2, -0.15) is 0 Å². The van der Waals surface area contributed by atoms with Crippen LogP contribution in [-0.4, -0.2) is 0 Å². The molecule has 0 radical (unpaired) electrons. The molecular formula is C14H19BrClFN2. The van der Waals surface area contributed by atoms with Crippen LogP contribution in [0.15, 0.2) is 16.6 Å². The number of nitrogens with two attached hydrogens (primary N) is 1. The van der Waals surface area contributed by atoms with Crippen LogP contribution >= 0.6 is 27.5 Å². The van der Waals surface area contributed by atoms with Crippen LogP contribution in [0.3, 0.4) is 0 Å². The Morgan fingerprint density at radius 2 is 2.26 bits per heavy atom. The Morgan fingerprint density at radius 3 is 2.84 bits per heavy atom. The van der Waals surface area contributed by atoms with Crippen LogP contribution in [0.1, 0.15) is 44.2 Å². The molecule has 2 rings (SSSR count). The highest BCUT2D eigenvalue weighted by atomic mass is 79.9. The average molecular weight is 350 g/mol. The number of hydrazine groups is 1. The number of rotatable bonds is 4. The van der Waals surface area contributed by atoms with E-state index in [9.17, 15) is 4.39 Å². The van der Waals surface area contributed by atoms with Gasteiger partial charge in [0.15, 0.2) is 0 Å². The fraction of sp³-hybridized carbons (Fsp3) is 0.571. The first-order valence-corrected chi connectivity index (χ1v) is 7.85. The average Bonchev–Trinajstić information content (AvgIpc) is 2.88. The van der Waals surface area contributed by atoms with Gasteiger partial charge in [0, 0.05) is 10.0 Å². The summed E-state index contributed by atoms with van der Waals surface area (Å²) in [6.45, 7) is 2.20. The van der Waals surface area contributed by atoms with E-state index in [2.05, 4.69) is 28.3 Å². The fourth-order valence-corrected chi connectivity index (χ4v) is 3.53. The molecule has 3 N–H and O–H groups in total. The highest BCUT2D eigenvalue weighted by Crippen LogP contribution is 2.42. The first kappa shape index (κ1) is 15.2. The molecule has 19 heavy (non-hydrogen) atoms. The topological polar surface area (TPSA) is 38.0 Å². The van der Waals surface area contributed by atoms with Crippen LogP contribution in [0, 0.1) is 17.7 Å². The van der Waals surface area contributed by atoms with Crippen molar-refractivity contribution < 1.29 is 4.39 Å². The molecule has 1 aromatic carbocycles. The third-order valence-electron chi connectivity index (χ3n) is 4.21. The molecule has 106 valence electrons. The van der Waals surface area contributed by atoms with Crippen molar-refractivity contribution in [3.63, 3.8) is 0 Å². The molecule has 1 aliphatic carbocycles. The van der Waals surface area contributed by atoms with E-state index in [4.69, 9.17) is 17.4 Å². The molecule has 0 bridgehead atoms. The molecule has 3 unspecified atom stereocenters. The zero-order chi connectivity index (χ0) is 14.0. The van der Waals surface area contributed by atoms with Gasteiger partial charge in [-0.1, -0.05) is 37.4 Å². The lowest BCUT2D eigenvalue weighted by atomic mass is 9.90. The molecule has 0 amide bonds. The van der Waals surface area contributed by atoms with Gasteiger partial charge in [-0.25, -0.2) is 4.39 Å².